The summed E-state index contributed by atoms with van der Waals surface area (Å²) in [5.41, 5.74) is 1.32. The van der Waals surface area contributed by atoms with Gasteiger partial charge in [0.25, 0.3) is 0 Å². The topological polar surface area (TPSA) is 157 Å². The number of aromatic nitrogens is 1. The molecule has 224 valence electrons. The first kappa shape index (κ1) is 27.0. The standard InChI is InChI=1S/C38H25NO7/c40-32-27-23-16-8-9-17-24(23)39-31(27)38(46)37(45)29(32)30-35(43)33(41)28(34(42)36(30)44)26-21-14-6-4-12-19(21)25(18-10-2-1-3-11-18)20-13-5-7-15-22(20)26/h1-17,39-46H. The van der Waals surface area contributed by atoms with Gasteiger partial charge in [0.15, 0.2) is 34.5 Å². The molecule has 8 rings (SSSR count). The summed E-state index contributed by atoms with van der Waals surface area (Å²) >= 11 is 0. The van der Waals surface area contributed by atoms with Gasteiger partial charge in [-0.25, -0.2) is 0 Å². The van der Waals surface area contributed by atoms with E-state index in [1.807, 2.05) is 78.9 Å². The SMILES string of the molecule is Oc1c(O)c(-c2c3ccccc3c(-c3ccccc3)c3ccccc23)c(O)c(O)c1-c1c(O)c(O)c2[nH]c3ccccc3c2c1O. The van der Waals surface area contributed by atoms with Crippen LogP contribution in [0.2, 0.25) is 0 Å². The first-order valence-corrected chi connectivity index (χ1v) is 14.5. The Morgan fingerprint density at radius 2 is 0.717 bits per heavy atom. The molecule has 0 aliphatic carbocycles. The van der Waals surface area contributed by atoms with Crippen molar-refractivity contribution in [1.29, 1.82) is 0 Å². The molecule has 0 saturated carbocycles. The summed E-state index contributed by atoms with van der Waals surface area (Å²) in [6, 6.07) is 31.5. The Morgan fingerprint density at radius 1 is 0.326 bits per heavy atom. The van der Waals surface area contributed by atoms with E-state index in [4.69, 9.17) is 0 Å². The van der Waals surface area contributed by atoms with Crippen molar-refractivity contribution >= 4 is 43.4 Å². The lowest BCUT2D eigenvalue weighted by atomic mass is 9.84. The second-order valence-electron chi connectivity index (χ2n) is 11.2. The zero-order valence-corrected chi connectivity index (χ0v) is 23.9. The number of hydrogen-bond acceptors (Lipinski definition) is 7. The molecule has 0 saturated heterocycles. The van der Waals surface area contributed by atoms with E-state index in [0.717, 1.165) is 21.9 Å². The summed E-state index contributed by atoms with van der Waals surface area (Å²) < 4.78 is 0. The molecule has 1 aromatic heterocycles. The summed E-state index contributed by atoms with van der Waals surface area (Å²) in [6.07, 6.45) is 0. The molecule has 7 aromatic carbocycles. The fourth-order valence-corrected chi connectivity index (χ4v) is 6.76. The van der Waals surface area contributed by atoms with Gasteiger partial charge >= 0.3 is 0 Å². The smallest absolute Gasteiger partial charge is 0.183 e. The Morgan fingerprint density at radius 3 is 1.26 bits per heavy atom. The molecule has 0 spiro atoms. The normalized spacial score (nSPS) is 11.7. The molecule has 0 fully saturated rings. The van der Waals surface area contributed by atoms with Crippen LogP contribution in [0.15, 0.2) is 103 Å². The number of phenolic OH excluding ortho intramolecular Hbond substituents is 7. The van der Waals surface area contributed by atoms with Crippen molar-refractivity contribution in [3.63, 3.8) is 0 Å². The van der Waals surface area contributed by atoms with E-state index < -0.39 is 51.4 Å². The van der Waals surface area contributed by atoms with Crippen molar-refractivity contribution in [2.45, 2.75) is 0 Å². The maximum Gasteiger partial charge on any atom is 0.183 e. The summed E-state index contributed by atoms with van der Waals surface area (Å²) in [5.74, 6) is -5.57. The zero-order chi connectivity index (χ0) is 31.9. The van der Waals surface area contributed by atoms with E-state index in [2.05, 4.69) is 4.98 Å². The van der Waals surface area contributed by atoms with Crippen LogP contribution in [0.25, 0.3) is 76.7 Å². The zero-order valence-electron chi connectivity index (χ0n) is 23.9. The van der Waals surface area contributed by atoms with E-state index in [-0.39, 0.29) is 16.5 Å². The first-order valence-electron chi connectivity index (χ1n) is 14.5. The summed E-state index contributed by atoms with van der Waals surface area (Å²) in [6.45, 7) is 0. The van der Waals surface area contributed by atoms with Crippen molar-refractivity contribution in [3.8, 4) is 73.6 Å². The molecule has 8 aromatic rings. The van der Waals surface area contributed by atoms with Crippen LogP contribution in [-0.2, 0) is 0 Å². The van der Waals surface area contributed by atoms with Crippen molar-refractivity contribution in [3.05, 3.63) is 103 Å². The van der Waals surface area contributed by atoms with Crippen LogP contribution in [0.3, 0.4) is 0 Å². The van der Waals surface area contributed by atoms with Gasteiger partial charge in [0.05, 0.1) is 27.6 Å². The molecule has 0 amide bonds. The lowest BCUT2D eigenvalue weighted by Gasteiger charge is -2.21. The maximum absolute atomic E-state index is 11.6. The molecule has 0 radical (unpaired) electrons. The summed E-state index contributed by atoms with van der Waals surface area (Å²) in [4.78, 5) is 2.95. The monoisotopic (exact) mass is 607 g/mol. The van der Waals surface area contributed by atoms with E-state index in [9.17, 15) is 35.7 Å². The maximum atomic E-state index is 11.6. The number of H-pyrrole nitrogens is 1. The number of fused-ring (bicyclic) bond motifs is 5. The summed E-state index contributed by atoms with van der Waals surface area (Å²) in [7, 11) is 0. The first-order chi connectivity index (χ1) is 22.3. The van der Waals surface area contributed by atoms with E-state index in [1.165, 1.54) is 0 Å². The molecule has 46 heavy (non-hydrogen) atoms. The van der Waals surface area contributed by atoms with E-state index >= 15 is 0 Å². The van der Waals surface area contributed by atoms with Gasteiger partial charge in [0.2, 0.25) is 0 Å². The molecule has 8 N–H and O–H groups in total. The second-order valence-corrected chi connectivity index (χ2v) is 11.2. The Labute approximate surface area is 260 Å². The predicted molar refractivity (Wildman–Crippen MR) is 179 cm³/mol. The van der Waals surface area contributed by atoms with Gasteiger partial charge < -0.3 is 40.7 Å². The Balaban J connectivity index is 1.48. The average molecular weight is 608 g/mol. The van der Waals surface area contributed by atoms with Crippen LogP contribution >= 0.6 is 0 Å². The van der Waals surface area contributed by atoms with Gasteiger partial charge in [-0.2, -0.15) is 0 Å². The van der Waals surface area contributed by atoms with Crippen molar-refractivity contribution < 1.29 is 35.7 Å². The molecule has 0 bridgehead atoms. The molecule has 0 atom stereocenters. The number of hydrogen-bond donors (Lipinski definition) is 8. The summed E-state index contributed by atoms with van der Waals surface area (Å²) in [5, 5.41) is 83.3. The fraction of sp³-hybridized carbons (Fsp3) is 0. The number of aromatic amines is 1. The third-order valence-corrected chi connectivity index (χ3v) is 8.77. The fourth-order valence-electron chi connectivity index (χ4n) is 6.76. The largest absolute Gasteiger partial charge is 0.506 e. The van der Waals surface area contributed by atoms with Gasteiger partial charge in [-0.3, -0.25) is 0 Å². The molecule has 0 unspecified atom stereocenters. The number of aromatic hydroxyl groups is 7. The van der Waals surface area contributed by atoms with Gasteiger partial charge in [0.1, 0.15) is 5.75 Å². The minimum absolute atomic E-state index is 0.0282. The Hall–Kier alpha value is -6.54. The molecule has 8 heteroatoms. The second kappa shape index (κ2) is 9.73. The molecular weight excluding hydrogens is 582 g/mol. The van der Waals surface area contributed by atoms with Crippen molar-refractivity contribution in [1.82, 2.24) is 4.98 Å². The van der Waals surface area contributed by atoms with Gasteiger partial charge in [-0.1, -0.05) is 97.1 Å². The molecule has 0 aliphatic rings. The number of benzene rings is 7. The van der Waals surface area contributed by atoms with Crippen molar-refractivity contribution in [2.24, 2.45) is 0 Å². The molecule has 8 nitrogen and oxygen atoms in total. The number of rotatable bonds is 3. The van der Waals surface area contributed by atoms with Gasteiger partial charge in [-0.05, 0) is 38.7 Å². The number of phenols is 7. The lowest BCUT2D eigenvalue weighted by molar-refractivity contribution is 0.375. The van der Waals surface area contributed by atoms with Crippen molar-refractivity contribution in [2.75, 3.05) is 0 Å². The average Bonchev–Trinajstić information content (AvgIpc) is 3.48. The molecule has 1 heterocycles. The van der Waals surface area contributed by atoms with Crippen LogP contribution in [0, 0.1) is 0 Å². The minimum atomic E-state index is -0.921. The van der Waals surface area contributed by atoms with Crippen LogP contribution < -0.4 is 0 Å². The molecular formula is C38H25NO7. The van der Waals surface area contributed by atoms with Gasteiger partial charge in [0, 0.05) is 16.5 Å². The molecule has 0 aliphatic heterocycles. The van der Waals surface area contributed by atoms with Crippen LogP contribution in [0.4, 0.5) is 0 Å². The quantitative estimate of drug-likeness (QED) is 0.0568. The minimum Gasteiger partial charge on any atom is -0.506 e. The van der Waals surface area contributed by atoms with Gasteiger partial charge in [-0.15, -0.1) is 0 Å². The van der Waals surface area contributed by atoms with E-state index in [0.29, 0.717) is 27.2 Å². The third kappa shape index (κ3) is 3.55. The highest BCUT2D eigenvalue weighted by molar-refractivity contribution is 6.23. The number of para-hydroxylation sites is 1. The Bertz CT molecular complexity index is 2470. The lowest BCUT2D eigenvalue weighted by Crippen LogP contribution is -1.94. The highest BCUT2D eigenvalue weighted by Gasteiger charge is 2.33. The van der Waals surface area contributed by atoms with Crippen LogP contribution in [-0.4, -0.2) is 40.7 Å². The highest BCUT2D eigenvalue weighted by atomic mass is 16.3. The third-order valence-electron chi connectivity index (χ3n) is 8.77. The van der Waals surface area contributed by atoms with E-state index in [1.54, 1.807) is 24.3 Å². The predicted octanol–water partition coefficient (Wildman–Crippen LogP) is 8.57. The highest BCUT2D eigenvalue weighted by Crippen LogP contribution is 2.62. The number of nitrogens with one attached hydrogen (secondary N) is 1. The Kier molecular flexibility index (Phi) is 5.72. The van der Waals surface area contributed by atoms with Crippen LogP contribution in [0.5, 0.6) is 40.2 Å². The van der Waals surface area contributed by atoms with Crippen LogP contribution in [0.1, 0.15) is 0 Å².